The fourth-order valence-corrected chi connectivity index (χ4v) is 2.69. The van der Waals surface area contributed by atoms with Crippen LogP contribution in [0.2, 0.25) is 0 Å². The van der Waals surface area contributed by atoms with Crippen LogP contribution >= 0.6 is 0 Å². The van der Waals surface area contributed by atoms with E-state index in [0.717, 1.165) is 12.8 Å². The second-order valence-corrected chi connectivity index (χ2v) is 5.33. The van der Waals surface area contributed by atoms with E-state index in [-0.39, 0.29) is 17.9 Å². The molecule has 1 saturated heterocycles. The molecule has 0 spiro atoms. The molecule has 1 aliphatic carbocycles. The van der Waals surface area contributed by atoms with Gasteiger partial charge in [-0.3, -0.25) is 19.2 Å². The third-order valence-electron chi connectivity index (χ3n) is 3.87. The summed E-state index contributed by atoms with van der Waals surface area (Å²) in [5, 5.41) is 6.97. The predicted octanol–water partition coefficient (Wildman–Crippen LogP) is 0.440. The molecule has 2 heterocycles. The van der Waals surface area contributed by atoms with E-state index in [2.05, 4.69) is 10.4 Å². The number of anilines is 1. The van der Waals surface area contributed by atoms with Crippen molar-refractivity contribution in [1.82, 2.24) is 15.1 Å². The molecule has 1 aliphatic heterocycles. The number of piperazine rings is 1. The number of aromatic nitrogens is 2. The van der Waals surface area contributed by atoms with Crippen molar-refractivity contribution in [3.8, 4) is 0 Å². The molecular formula is C13H18N4O2. The Labute approximate surface area is 111 Å². The first-order valence-electron chi connectivity index (χ1n) is 6.74. The zero-order valence-electron chi connectivity index (χ0n) is 11.2. The van der Waals surface area contributed by atoms with Gasteiger partial charge in [-0.05, 0) is 25.2 Å². The summed E-state index contributed by atoms with van der Waals surface area (Å²) in [7, 11) is 1.80. The lowest BCUT2D eigenvalue weighted by Crippen LogP contribution is -2.64. The quantitative estimate of drug-likeness (QED) is 0.859. The molecule has 1 aromatic heterocycles. The minimum Gasteiger partial charge on any atom is -0.342 e. The third kappa shape index (κ3) is 2.01. The van der Waals surface area contributed by atoms with Crippen molar-refractivity contribution < 1.29 is 9.59 Å². The Hall–Kier alpha value is -1.85. The van der Waals surface area contributed by atoms with Gasteiger partial charge in [-0.1, -0.05) is 6.92 Å². The Balaban J connectivity index is 1.95. The van der Waals surface area contributed by atoms with Crippen LogP contribution in [0.25, 0.3) is 0 Å². The molecule has 2 fully saturated rings. The zero-order chi connectivity index (χ0) is 13.6. The summed E-state index contributed by atoms with van der Waals surface area (Å²) >= 11 is 0. The number of amides is 2. The number of nitrogens with one attached hydrogen (secondary N) is 1. The maximum Gasteiger partial charge on any atom is 0.250 e. The number of carbonyl (C=O) groups excluding carboxylic acids is 2. The van der Waals surface area contributed by atoms with Crippen molar-refractivity contribution >= 4 is 17.5 Å². The highest BCUT2D eigenvalue weighted by atomic mass is 16.2. The Bertz CT molecular complexity index is 520. The molecule has 2 atom stereocenters. The molecule has 0 aromatic carbocycles. The van der Waals surface area contributed by atoms with Crippen molar-refractivity contribution in [3.63, 3.8) is 0 Å². The first kappa shape index (κ1) is 12.2. The number of rotatable bonds is 3. The van der Waals surface area contributed by atoms with E-state index in [4.69, 9.17) is 0 Å². The van der Waals surface area contributed by atoms with Gasteiger partial charge in [-0.2, -0.15) is 5.10 Å². The molecule has 2 aliphatic rings. The SMILES string of the molecule is CCC1C(=O)NC(C2CC2)C(=O)N1c1cnn(C)c1. The highest BCUT2D eigenvalue weighted by Crippen LogP contribution is 2.36. The van der Waals surface area contributed by atoms with Gasteiger partial charge in [0.1, 0.15) is 12.1 Å². The van der Waals surface area contributed by atoms with Gasteiger partial charge in [0.2, 0.25) is 5.91 Å². The second-order valence-electron chi connectivity index (χ2n) is 5.33. The van der Waals surface area contributed by atoms with Gasteiger partial charge in [0.25, 0.3) is 5.91 Å². The molecule has 3 rings (SSSR count). The minimum atomic E-state index is -0.424. The molecule has 6 heteroatoms. The Kier molecular flexibility index (Phi) is 2.80. The Morgan fingerprint density at radius 2 is 2.16 bits per heavy atom. The first-order chi connectivity index (χ1) is 9.11. The number of hydrogen-bond donors (Lipinski definition) is 1. The van der Waals surface area contributed by atoms with Gasteiger partial charge in [0.15, 0.2) is 0 Å². The van der Waals surface area contributed by atoms with Crippen LogP contribution in [0.15, 0.2) is 12.4 Å². The van der Waals surface area contributed by atoms with Crippen LogP contribution in [0.4, 0.5) is 5.69 Å². The minimum absolute atomic E-state index is 0.00181. The molecule has 2 unspecified atom stereocenters. The molecule has 2 amide bonds. The van der Waals surface area contributed by atoms with E-state index >= 15 is 0 Å². The number of nitrogens with zero attached hydrogens (tertiary/aromatic N) is 3. The van der Waals surface area contributed by atoms with Crippen LogP contribution < -0.4 is 10.2 Å². The van der Waals surface area contributed by atoms with Crippen LogP contribution in [-0.4, -0.2) is 33.7 Å². The van der Waals surface area contributed by atoms with Gasteiger partial charge < -0.3 is 5.32 Å². The van der Waals surface area contributed by atoms with Crippen LogP contribution in [0, 0.1) is 5.92 Å². The molecule has 19 heavy (non-hydrogen) atoms. The summed E-state index contributed by atoms with van der Waals surface area (Å²) in [6.45, 7) is 1.92. The van der Waals surface area contributed by atoms with Crippen molar-refractivity contribution in [2.45, 2.75) is 38.3 Å². The summed E-state index contributed by atoms with van der Waals surface area (Å²) in [6, 6.07) is -0.776. The van der Waals surface area contributed by atoms with E-state index in [1.807, 2.05) is 6.92 Å². The molecule has 1 aromatic rings. The lowest BCUT2D eigenvalue weighted by Gasteiger charge is -2.38. The van der Waals surface area contributed by atoms with E-state index in [9.17, 15) is 9.59 Å². The van der Waals surface area contributed by atoms with Crippen molar-refractivity contribution in [2.24, 2.45) is 13.0 Å². The first-order valence-corrected chi connectivity index (χ1v) is 6.74. The van der Waals surface area contributed by atoms with Crippen LogP contribution in [0.5, 0.6) is 0 Å². The zero-order valence-corrected chi connectivity index (χ0v) is 11.2. The summed E-state index contributed by atoms with van der Waals surface area (Å²) in [6.07, 6.45) is 6.07. The molecule has 0 radical (unpaired) electrons. The number of aryl methyl sites for hydroxylation is 1. The summed E-state index contributed by atoms with van der Waals surface area (Å²) in [4.78, 5) is 26.4. The second kappa shape index (κ2) is 4.36. The van der Waals surface area contributed by atoms with Crippen LogP contribution in [0.1, 0.15) is 26.2 Å². The normalized spacial score (nSPS) is 27.6. The monoisotopic (exact) mass is 262 g/mol. The summed E-state index contributed by atoms with van der Waals surface area (Å²) in [5.74, 6) is 0.262. The van der Waals surface area contributed by atoms with Crippen molar-refractivity contribution in [1.29, 1.82) is 0 Å². The maximum atomic E-state index is 12.6. The van der Waals surface area contributed by atoms with E-state index < -0.39 is 6.04 Å². The Morgan fingerprint density at radius 3 is 2.68 bits per heavy atom. The smallest absolute Gasteiger partial charge is 0.250 e. The highest BCUT2D eigenvalue weighted by molar-refractivity contribution is 6.08. The molecule has 0 bridgehead atoms. The summed E-state index contributed by atoms with van der Waals surface area (Å²) < 4.78 is 1.65. The molecule has 102 valence electrons. The van der Waals surface area contributed by atoms with Crippen LogP contribution in [0.3, 0.4) is 0 Å². The third-order valence-corrected chi connectivity index (χ3v) is 3.87. The van der Waals surface area contributed by atoms with Gasteiger partial charge >= 0.3 is 0 Å². The van der Waals surface area contributed by atoms with E-state index in [1.54, 1.807) is 29.0 Å². The molecule has 1 N–H and O–H groups in total. The molecule has 6 nitrogen and oxygen atoms in total. The molecule has 1 saturated carbocycles. The largest absolute Gasteiger partial charge is 0.342 e. The number of carbonyl (C=O) groups is 2. The Morgan fingerprint density at radius 1 is 1.42 bits per heavy atom. The van der Waals surface area contributed by atoms with E-state index in [1.165, 1.54) is 0 Å². The standard InChI is InChI=1S/C13H18N4O2/c1-3-10-12(18)15-11(8-4-5-8)13(19)17(10)9-6-14-16(2)7-9/h6-8,10-11H,3-5H2,1-2H3,(H,15,18). The fraction of sp³-hybridized carbons (Fsp3) is 0.615. The highest BCUT2D eigenvalue weighted by Gasteiger charge is 2.47. The fourth-order valence-electron chi connectivity index (χ4n) is 2.69. The summed E-state index contributed by atoms with van der Waals surface area (Å²) in [5.41, 5.74) is 0.708. The van der Waals surface area contributed by atoms with Gasteiger partial charge in [0, 0.05) is 13.2 Å². The average Bonchev–Trinajstić information content (AvgIpc) is 3.14. The maximum absolute atomic E-state index is 12.6. The van der Waals surface area contributed by atoms with Crippen LogP contribution in [-0.2, 0) is 16.6 Å². The number of hydrogen-bond acceptors (Lipinski definition) is 3. The lowest BCUT2D eigenvalue weighted by molar-refractivity contribution is -0.134. The van der Waals surface area contributed by atoms with Gasteiger partial charge in [-0.15, -0.1) is 0 Å². The molecular weight excluding hydrogens is 244 g/mol. The average molecular weight is 262 g/mol. The van der Waals surface area contributed by atoms with Gasteiger partial charge in [0.05, 0.1) is 11.9 Å². The lowest BCUT2D eigenvalue weighted by atomic mass is 10.0. The topological polar surface area (TPSA) is 67.2 Å². The van der Waals surface area contributed by atoms with Gasteiger partial charge in [-0.25, -0.2) is 0 Å². The van der Waals surface area contributed by atoms with Crippen molar-refractivity contribution in [3.05, 3.63) is 12.4 Å². The van der Waals surface area contributed by atoms with Crippen molar-refractivity contribution in [2.75, 3.05) is 4.90 Å². The van der Waals surface area contributed by atoms with E-state index in [0.29, 0.717) is 18.0 Å². The predicted molar refractivity (Wildman–Crippen MR) is 69.4 cm³/mol.